The Kier molecular flexibility index (Phi) is 13.8. The van der Waals surface area contributed by atoms with Crippen LogP contribution in [-0.2, 0) is 23.9 Å². The van der Waals surface area contributed by atoms with Crippen molar-refractivity contribution in [2.45, 2.75) is 111 Å². The zero-order valence-electron chi connectivity index (χ0n) is 22.2. The van der Waals surface area contributed by atoms with E-state index in [-0.39, 0.29) is 30.8 Å². The van der Waals surface area contributed by atoms with Gasteiger partial charge in [0.2, 0.25) is 11.8 Å². The van der Waals surface area contributed by atoms with E-state index in [9.17, 15) is 19.2 Å². The summed E-state index contributed by atoms with van der Waals surface area (Å²) in [6, 6.07) is -1.49. The van der Waals surface area contributed by atoms with Crippen molar-refractivity contribution in [3.63, 3.8) is 0 Å². The number of hydrogen-bond donors (Lipinski definition) is 4. The lowest BCUT2D eigenvalue weighted by atomic mass is 10.0. The Morgan fingerprint density at radius 2 is 1.35 bits per heavy atom. The summed E-state index contributed by atoms with van der Waals surface area (Å²) in [7, 11) is 0. The number of amides is 3. The molecule has 0 bridgehead atoms. The third-order valence-electron chi connectivity index (χ3n) is 4.52. The molecule has 0 heterocycles. The second-order valence-corrected chi connectivity index (χ2v) is 10.7. The predicted octanol–water partition coefficient (Wildman–Crippen LogP) is 2.39. The SMILES string of the molecule is CC(C)[C@H](N)C(=O)N[C@@H](CCCCNC(=O)OC(C)(C)C)C(=O)NCCCC(=O)OC(C)(C)C. The molecule has 34 heavy (non-hydrogen) atoms. The van der Waals surface area contributed by atoms with Gasteiger partial charge in [0.1, 0.15) is 17.2 Å². The first-order valence-corrected chi connectivity index (χ1v) is 12.0. The van der Waals surface area contributed by atoms with Crippen LogP contribution in [0.3, 0.4) is 0 Å². The maximum Gasteiger partial charge on any atom is 0.407 e. The van der Waals surface area contributed by atoms with Gasteiger partial charge in [-0.3, -0.25) is 14.4 Å². The minimum atomic E-state index is -0.764. The van der Waals surface area contributed by atoms with Crippen molar-refractivity contribution in [1.82, 2.24) is 16.0 Å². The lowest BCUT2D eigenvalue weighted by Crippen LogP contribution is -2.53. The summed E-state index contributed by atoms with van der Waals surface area (Å²) in [5.74, 6) is -1.13. The predicted molar refractivity (Wildman–Crippen MR) is 131 cm³/mol. The summed E-state index contributed by atoms with van der Waals surface area (Å²) in [5.41, 5.74) is 4.79. The molecule has 3 amide bonds. The van der Waals surface area contributed by atoms with Gasteiger partial charge < -0.3 is 31.2 Å². The highest BCUT2D eigenvalue weighted by Gasteiger charge is 2.25. The number of hydrogen-bond acceptors (Lipinski definition) is 7. The molecule has 10 nitrogen and oxygen atoms in total. The molecule has 0 fully saturated rings. The lowest BCUT2D eigenvalue weighted by Gasteiger charge is -2.22. The van der Waals surface area contributed by atoms with E-state index in [1.54, 1.807) is 41.5 Å². The zero-order chi connectivity index (χ0) is 26.5. The molecule has 0 aliphatic rings. The fourth-order valence-corrected chi connectivity index (χ4v) is 2.78. The Hall–Kier alpha value is -2.36. The van der Waals surface area contributed by atoms with Gasteiger partial charge in [-0.2, -0.15) is 0 Å². The van der Waals surface area contributed by atoms with Crippen molar-refractivity contribution < 1.29 is 28.7 Å². The molecular formula is C24H46N4O6. The number of esters is 1. The molecule has 0 rings (SSSR count). The minimum Gasteiger partial charge on any atom is -0.460 e. The van der Waals surface area contributed by atoms with Crippen molar-refractivity contribution in [1.29, 1.82) is 0 Å². The van der Waals surface area contributed by atoms with E-state index >= 15 is 0 Å². The Labute approximate surface area is 204 Å². The normalized spacial score (nSPS) is 13.6. The van der Waals surface area contributed by atoms with Crippen LogP contribution >= 0.6 is 0 Å². The Balaban J connectivity index is 4.66. The average molecular weight is 487 g/mol. The van der Waals surface area contributed by atoms with Crippen LogP contribution in [-0.4, -0.2) is 60.3 Å². The van der Waals surface area contributed by atoms with Gasteiger partial charge in [0.15, 0.2) is 0 Å². The second kappa shape index (κ2) is 14.8. The molecule has 0 radical (unpaired) electrons. The number of carbonyl (C=O) groups is 4. The van der Waals surface area contributed by atoms with Crippen molar-refractivity contribution in [3.05, 3.63) is 0 Å². The Morgan fingerprint density at radius 1 is 0.794 bits per heavy atom. The largest absolute Gasteiger partial charge is 0.460 e. The molecule has 0 aromatic carbocycles. The smallest absolute Gasteiger partial charge is 0.407 e. The number of nitrogens with two attached hydrogens (primary N) is 1. The van der Waals surface area contributed by atoms with E-state index in [1.807, 2.05) is 13.8 Å². The molecule has 2 atom stereocenters. The molecule has 10 heteroatoms. The van der Waals surface area contributed by atoms with E-state index in [1.165, 1.54) is 0 Å². The highest BCUT2D eigenvalue weighted by molar-refractivity contribution is 5.89. The highest BCUT2D eigenvalue weighted by Crippen LogP contribution is 2.09. The molecule has 0 aliphatic carbocycles. The molecule has 0 spiro atoms. The quantitative estimate of drug-likeness (QED) is 0.231. The van der Waals surface area contributed by atoms with Crippen LogP contribution in [0.1, 0.15) is 87.5 Å². The van der Waals surface area contributed by atoms with Crippen molar-refractivity contribution in [3.8, 4) is 0 Å². The number of nitrogens with one attached hydrogen (secondary N) is 3. The van der Waals surface area contributed by atoms with E-state index < -0.39 is 35.3 Å². The summed E-state index contributed by atoms with van der Waals surface area (Å²) >= 11 is 0. The van der Waals surface area contributed by atoms with Crippen LogP contribution in [0.5, 0.6) is 0 Å². The second-order valence-electron chi connectivity index (χ2n) is 10.7. The van der Waals surface area contributed by atoms with Gasteiger partial charge in [0.05, 0.1) is 6.04 Å². The van der Waals surface area contributed by atoms with Gasteiger partial charge in [0, 0.05) is 19.5 Å². The monoisotopic (exact) mass is 486 g/mol. The average Bonchev–Trinajstić information content (AvgIpc) is 2.66. The lowest BCUT2D eigenvalue weighted by molar-refractivity contribution is -0.155. The van der Waals surface area contributed by atoms with Crippen LogP contribution in [0.2, 0.25) is 0 Å². The van der Waals surface area contributed by atoms with Crippen LogP contribution < -0.4 is 21.7 Å². The fraction of sp³-hybridized carbons (Fsp3) is 0.833. The molecule has 0 aromatic heterocycles. The molecular weight excluding hydrogens is 440 g/mol. The molecule has 0 saturated carbocycles. The first-order valence-electron chi connectivity index (χ1n) is 12.0. The molecule has 198 valence electrons. The maximum atomic E-state index is 12.7. The van der Waals surface area contributed by atoms with Gasteiger partial charge >= 0.3 is 12.1 Å². The van der Waals surface area contributed by atoms with Gasteiger partial charge in [-0.05, 0) is 73.1 Å². The summed E-state index contributed by atoms with van der Waals surface area (Å²) < 4.78 is 10.4. The van der Waals surface area contributed by atoms with Crippen LogP contribution in [0.25, 0.3) is 0 Å². The number of unbranched alkanes of at least 4 members (excludes halogenated alkanes) is 1. The highest BCUT2D eigenvalue weighted by atomic mass is 16.6. The summed E-state index contributed by atoms with van der Waals surface area (Å²) in [5, 5.41) is 8.17. The topological polar surface area (TPSA) is 149 Å². The van der Waals surface area contributed by atoms with Crippen molar-refractivity contribution in [2.24, 2.45) is 11.7 Å². The summed E-state index contributed by atoms with van der Waals surface area (Å²) in [6.07, 6.45) is 1.68. The van der Waals surface area contributed by atoms with Crippen LogP contribution in [0.4, 0.5) is 4.79 Å². The van der Waals surface area contributed by atoms with Crippen molar-refractivity contribution >= 4 is 23.9 Å². The first-order chi connectivity index (χ1) is 15.5. The van der Waals surface area contributed by atoms with Crippen LogP contribution in [0.15, 0.2) is 0 Å². The number of rotatable bonds is 13. The maximum absolute atomic E-state index is 12.7. The Morgan fingerprint density at radius 3 is 1.88 bits per heavy atom. The van der Waals surface area contributed by atoms with Crippen LogP contribution in [0, 0.1) is 5.92 Å². The molecule has 5 N–H and O–H groups in total. The van der Waals surface area contributed by atoms with Gasteiger partial charge in [-0.25, -0.2) is 4.79 Å². The molecule has 0 aromatic rings. The molecule has 0 saturated heterocycles. The zero-order valence-corrected chi connectivity index (χ0v) is 22.2. The van der Waals surface area contributed by atoms with E-state index in [0.29, 0.717) is 32.2 Å². The fourth-order valence-electron chi connectivity index (χ4n) is 2.78. The summed E-state index contributed by atoms with van der Waals surface area (Å²) in [6.45, 7) is 15.1. The number of alkyl carbamates (subject to hydrolysis) is 1. The van der Waals surface area contributed by atoms with E-state index in [0.717, 1.165) is 0 Å². The van der Waals surface area contributed by atoms with Gasteiger partial charge in [-0.15, -0.1) is 0 Å². The molecule has 0 aliphatic heterocycles. The Bertz CT molecular complexity index is 667. The third-order valence-corrected chi connectivity index (χ3v) is 4.52. The minimum absolute atomic E-state index is 0.0735. The standard InChI is InChI=1S/C24H46N4O6/c1-16(2)19(25)21(31)28-17(12-9-10-14-27-22(32)34-24(6,7)8)20(30)26-15-11-13-18(29)33-23(3,4)5/h16-17,19H,9-15,25H2,1-8H3,(H,26,30)(H,27,32)(H,28,31)/t17-,19-/m0/s1. The van der Waals surface area contributed by atoms with E-state index in [4.69, 9.17) is 15.2 Å². The third kappa shape index (κ3) is 16.3. The van der Waals surface area contributed by atoms with Crippen molar-refractivity contribution in [2.75, 3.05) is 13.1 Å². The number of ether oxygens (including phenoxy) is 2. The number of carbonyl (C=O) groups excluding carboxylic acids is 4. The van der Waals surface area contributed by atoms with Gasteiger partial charge in [0.25, 0.3) is 0 Å². The summed E-state index contributed by atoms with van der Waals surface area (Å²) in [4.78, 5) is 48.6. The van der Waals surface area contributed by atoms with E-state index in [2.05, 4.69) is 16.0 Å². The first kappa shape index (κ1) is 31.6. The molecule has 0 unspecified atom stereocenters. The van der Waals surface area contributed by atoms with Gasteiger partial charge in [-0.1, -0.05) is 13.8 Å².